The third kappa shape index (κ3) is 5.28. The van der Waals surface area contributed by atoms with E-state index < -0.39 is 0 Å². The summed E-state index contributed by atoms with van der Waals surface area (Å²) in [5.41, 5.74) is 0.258. The molecule has 0 bridgehead atoms. The summed E-state index contributed by atoms with van der Waals surface area (Å²) in [5, 5.41) is 3.70. The lowest BCUT2D eigenvalue weighted by Gasteiger charge is -2.31. The van der Waals surface area contributed by atoms with E-state index in [1.807, 2.05) is 0 Å². The monoisotopic (exact) mass is 227 g/mol. The molecule has 1 fully saturated rings. The van der Waals surface area contributed by atoms with Gasteiger partial charge < -0.3 is 15.1 Å². The molecule has 1 atom stereocenters. The van der Waals surface area contributed by atoms with Crippen molar-refractivity contribution in [3.8, 4) is 0 Å². The van der Waals surface area contributed by atoms with Crippen LogP contribution in [0.5, 0.6) is 0 Å². The summed E-state index contributed by atoms with van der Waals surface area (Å²) >= 11 is 0. The molecule has 96 valence electrons. The van der Waals surface area contributed by atoms with Crippen LogP contribution in [0.3, 0.4) is 0 Å². The van der Waals surface area contributed by atoms with Gasteiger partial charge in [0.1, 0.15) is 0 Å². The van der Waals surface area contributed by atoms with Gasteiger partial charge in [0.2, 0.25) is 0 Å². The van der Waals surface area contributed by atoms with E-state index >= 15 is 0 Å². The maximum atomic E-state index is 3.70. The zero-order valence-corrected chi connectivity index (χ0v) is 11.7. The van der Waals surface area contributed by atoms with Gasteiger partial charge >= 0.3 is 0 Å². The largest absolute Gasteiger partial charge is 0.309 e. The van der Waals surface area contributed by atoms with Gasteiger partial charge in [-0.1, -0.05) is 0 Å². The molecule has 1 unspecified atom stereocenters. The Kier molecular flexibility index (Phi) is 5.22. The highest BCUT2D eigenvalue weighted by Crippen LogP contribution is 2.14. The number of hydrogen-bond donors (Lipinski definition) is 1. The first-order chi connectivity index (χ1) is 7.39. The molecular formula is C13H29N3. The Balaban J connectivity index is 2.36. The number of nitrogens with one attached hydrogen (secondary N) is 1. The highest BCUT2D eigenvalue weighted by Gasteiger charge is 2.26. The lowest BCUT2D eigenvalue weighted by Crippen LogP contribution is -2.49. The smallest absolute Gasteiger partial charge is 0.0254 e. The van der Waals surface area contributed by atoms with Crippen molar-refractivity contribution in [3.05, 3.63) is 0 Å². The van der Waals surface area contributed by atoms with Crippen LogP contribution in [-0.4, -0.2) is 61.7 Å². The number of rotatable bonds is 4. The molecule has 0 amide bonds. The van der Waals surface area contributed by atoms with Gasteiger partial charge in [-0.15, -0.1) is 0 Å². The summed E-state index contributed by atoms with van der Waals surface area (Å²) in [6.45, 7) is 11.8. The van der Waals surface area contributed by atoms with E-state index in [1.165, 1.54) is 39.0 Å². The van der Waals surface area contributed by atoms with E-state index in [0.717, 1.165) is 0 Å². The molecule has 0 aromatic rings. The van der Waals surface area contributed by atoms with Crippen LogP contribution >= 0.6 is 0 Å². The van der Waals surface area contributed by atoms with Gasteiger partial charge in [0, 0.05) is 18.1 Å². The van der Waals surface area contributed by atoms with Crippen molar-refractivity contribution >= 4 is 0 Å². The zero-order valence-electron chi connectivity index (χ0n) is 11.7. The molecule has 16 heavy (non-hydrogen) atoms. The van der Waals surface area contributed by atoms with Crippen LogP contribution in [0.15, 0.2) is 0 Å². The van der Waals surface area contributed by atoms with E-state index in [9.17, 15) is 0 Å². The number of nitrogens with zero attached hydrogens (tertiary/aromatic N) is 2. The van der Waals surface area contributed by atoms with Gasteiger partial charge in [0.05, 0.1) is 0 Å². The predicted molar refractivity (Wildman–Crippen MR) is 70.9 cm³/mol. The highest BCUT2D eigenvalue weighted by atomic mass is 15.2. The zero-order chi connectivity index (χ0) is 12.2. The summed E-state index contributed by atoms with van der Waals surface area (Å²) in [6.07, 6.45) is 2.54. The minimum atomic E-state index is 0.258. The second kappa shape index (κ2) is 5.99. The van der Waals surface area contributed by atoms with E-state index in [0.29, 0.717) is 6.04 Å². The van der Waals surface area contributed by atoms with Crippen molar-refractivity contribution in [1.82, 2.24) is 15.1 Å². The van der Waals surface area contributed by atoms with Crippen molar-refractivity contribution in [1.29, 1.82) is 0 Å². The Morgan fingerprint density at radius 1 is 1.38 bits per heavy atom. The fourth-order valence-electron chi connectivity index (χ4n) is 2.60. The minimum absolute atomic E-state index is 0.258. The van der Waals surface area contributed by atoms with Crippen molar-refractivity contribution in [2.45, 2.75) is 45.2 Å². The van der Waals surface area contributed by atoms with Gasteiger partial charge in [-0.25, -0.2) is 0 Å². The molecule has 0 spiro atoms. The molecule has 3 heteroatoms. The predicted octanol–water partition coefficient (Wildman–Crippen LogP) is 1.40. The normalized spacial score (nSPS) is 27.0. The van der Waals surface area contributed by atoms with Crippen LogP contribution in [0.2, 0.25) is 0 Å². The third-order valence-electron chi connectivity index (χ3n) is 3.21. The van der Waals surface area contributed by atoms with Crippen molar-refractivity contribution < 1.29 is 0 Å². The second-order valence-corrected chi connectivity index (χ2v) is 6.15. The fourth-order valence-corrected chi connectivity index (χ4v) is 2.60. The summed E-state index contributed by atoms with van der Waals surface area (Å²) in [4.78, 5) is 4.88. The van der Waals surface area contributed by atoms with E-state index in [2.05, 4.69) is 50.0 Å². The van der Waals surface area contributed by atoms with Crippen LogP contribution in [0, 0.1) is 0 Å². The highest BCUT2D eigenvalue weighted by molar-refractivity contribution is 4.88. The second-order valence-electron chi connectivity index (χ2n) is 6.15. The lowest BCUT2D eigenvalue weighted by molar-refractivity contribution is 0.219. The van der Waals surface area contributed by atoms with Crippen molar-refractivity contribution in [2.75, 3.05) is 40.3 Å². The molecule has 1 aliphatic rings. The molecule has 1 N–H and O–H groups in total. The summed E-state index contributed by atoms with van der Waals surface area (Å²) in [6, 6.07) is 0.647. The molecule has 1 rings (SSSR count). The van der Waals surface area contributed by atoms with Crippen LogP contribution in [-0.2, 0) is 0 Å². The molecule has 1 heterocycles. The first-order valence-electron chi connectivity index (χ1n) is 6.54. The Morgan fingerprint density at radius 2 is 2.06 bits per heavy atom. The van der Waals surface area contributed by atoms with Gasteiger partial charge in [-0.05, 0) is 67.3 Å². The number of hydrogen-bond acceptors (Lipinski definition) is 3. The average molecular weight is 227 g/mol. The molecule has 1 aliphatic heterocycles. The van der Waals surface area contributed by atoms with E-state index in [4.69, 9.17) is 0 Å². The summed E-state index contributed by atoms with van der Waals surface area (Å²) in [7, 11) is 4.30. The summed E-state index contributed by atoms with van der Waals surface area (Å²) in [5.74, 6) is 0. The first-order valence-corrected chi connectivity index (χ1v) is 6.54. The molecule has 0 aliphatic carbocycles. The van der Waals surface area contributed by atoms with Gasteiger partial charge in [-0.2, -0.15) is 0 Å². The lowest BCUT2D eigenvalue weighted by atomic mass is 10.0. The maximum absolute atomic E-state index is 3.70. The van der Waals surface area contributed by atoms with Gasteiger partial charge in [0.15, 0.2) is 0 Å². The van der Waals surface area contributed by atoms with Gasteiger partial charge in [0.25, 0.3) is 0 Å². The third-order valence-corrected chi connectivity index (χ3v) is 3.21. The topological polar surface area (TPSA) is 18.5 Å². The Labute approximate surface area is 101 Å². The maximum Gasteiger partial charge on any atom is 0.0254 e. The molecule has 0 radical (unpaired) electrons. The van der Waals surface area contributed by atoms with Gasteiger partial charge in [-0.3, -0.25) is 0 Å². The van der Waals surface area contributed by atoms with Crippen LogP contribution < -0.4 is 5.32 Å². The SMILES string of the molecule is CC1CCN(CCCN(C)C)CC(C)(C)N1. The van der Waals surface area contributed by atoms with E-state index in [-0.39, 0.29) is 5.54 Å². The fraction of sp³-hybridized carbons (Fsp3) is 1.00. The Bertz CT molecular complexity index is 201. The van der Waals surface area contributed by atoms with E-state index in [1.54, 1.807) is 0 Å². The first kappa shape index (κ1) is 13.9. The molecule has 3 nitrogen and oxygen atoms in total. The Morgan fingerprint density at radius 3 is 2.69 bits per heavy atom. The Hall–Kier alpha value is -0.120. The quantitative estimate of drug-likeness (QED) is 0.783. The van der Waals surface area contributed by atoms with Crippen LogP contribution in [0.4, 0.5) is 0 Å². The summed E-state index contributed by atoms with van der Waals surface area (Å²) < 4.78 is 0. The molecule has 0 aromatic carbocycles. The average Bonchev–Trinajstić information content (AvgIpc) is 2.23. The molecular weight excluding hydrogens is 198 g/mol. The molecule has 0 aromatic heterocycles. The standard InChI is InChI=1S/C13H29N3/c1-12-7-10-16(9-6-8-15(4)5)11-13(2,3)14-12/h12,14H,6-11H2,1-5H3. The van der Waals surface area contributed by atoms with Crippen LogP contribution in [0.1, 0.15) is 33.6 Å². The van der Waals surface area contributed by atoms with Crippen molar-refractivity contribution in [2.24, 2.45) is 0 Å². The molecule has 0 saturated carbocycles. The molecule has 1 saturated heterocycles. The minimum Gasteiger partial charge on any atom is -0.309 e. The van der Waals surface area contributed by atoms with Crippen LogP contribution in [0.25, 0.3) is 0 Å². The van der Waals surface area contributed by atoms with Crippen molar-refractivity contribution in [3.63, 3.8) is 0 Å².